The molecule has 0 saturated carbocycles. The highest BCUT2D eigenvalue weighted by Crippen LogP contribution is 2.20. The number of halogens is 2. The third-order valence-corrected chi connectivity index (χ3v) is 3.40. The van der Waals surface area contributed by atoms with E-state index in [1.165, 1.54) is 9.36 Å². The first-order valence-electron chi connectivity index (χ1n) is 5.47. The Labute approximate surface area is 112 Å². The molecule has 1 aromatic heterocycles. The van der Waals surface area contributed by atoms with Crippen LogP contribution in [0.5, 0.6) is 0 Å². The van der Waals surface area contributed by atoms with Crippen LogP contribution >= 0.6 is 23.2 Å². The Morgan fingerprint density at radius 1 is 0.889 bits per heavy atom. The highest BCUT2D eigenvalue weighted by atomic mass is 35.5. The second kappa shape index (κ2) is 4.03. The van der Waals surface area contributed by atoms with Crippen molar-refractivity contribution in [3.63, 3.8) is 0 Å². The van der Waals surface area contributed by atoms with E-state index in [9.17, 15) is 9.59 Å². The SMILES string of the molecule is O=c1n(-c2cc(Cl)cc(Cl)c2)c(=O)n2n1CCC2. The molecule has 0 unspecified atom stereocenters. The summed E-state index contributed by atoms with van der Waals surface area (Å²) >= 11 is 11.8. The van der Waals surface area contributed by atoms with Gasteiger partial charge in [0.15, 0.2) is 0 Å². The van der Waals surface area contributed by atoms with Crippen LogP contribution in [0.2, 0.25) is 10.0 Å². The first-order valence-corrected chi connectivity index (χ1v) is 6.22. The fraction of sp³-hybridized carbons (Fsp3) is 0.273. The maximum Gasteiger partial charge on any atom is 0.351 e. The molecule has 94 valence electrons. The average Bonchev–Trinajstić information content (AvgIpc) is 2.83. The highest BCUT2D eigenvalue weighted by Gasteiger charge is 2.21. The highest BCUT2D eigenvalue weighted by molar-refractivity contribution is 6.34. The second-order valence-electron chi connectivity index (χ2n) is 4.13. The molecule has 0 radical (unpaired) electrons. The number of aromatic nitrogens is 3. The molecular weight excluding hydrogens is 277 g/mol. The Bertz CT molecular complexity index is 686. The molecule has 0 aliphatic carbocycles. The predicted molar refractivity (Wildman–Crippen MR) is 68.9 cm³/mol. The van der Waals surface area contributed by atoms with Crippen LogP contribution in [0.3, 0.4) is 0 Å². The molecule has 0 N–H and O–H groups in total. The molecule has 18 heavy (non-hydrogen) atoms. The molecular formula is C11H9Cl2N3O2. The lowest BCUT2D eigenvalue weighted by atomic mass is 10.3. The summed E-state index contributed by atoms with van der Waals surface area (Å²) in [6.07, 6.45) is 0.807. The molecule has 1 aromatic carbocycles. The number of hydrogen-bond acceptors (Lipinski definition) is 2. The third-order valence-electron chi connectivity index (χ3n) is 2.96. The van der Waals surface area contributed by atoms with Gasteiger partial charge >= 0.3 is 11.4 Å². The second-order valence-corrected chi connectivity index (χ2v) is 5.00. The Morgan fingerprint density at radius 2 is 1.39 bits per heavy atom. The van der Waals surface area contributed by atoms with Crippen LogP contribution in [0.25, 0.3) is 5.69 Å². The van der Waals surface area contributed by atoms with Gasteiger partial charge in [-0.2, -0.15) is 0 Å². The van der Waals surface area contributed by atoms with Crippen LogP contribution in [0.1, 0.15) is 6.42 Å². The zero-order valence-electron chi connectivity index (χ0n) is 9.27. The molecule has 0 amide bonds. The van der Waals surface area contributed by atoms with Crippen LogP contribution in [0.15, 0.2) is 27.8 Å². The maximum atomic E-state index is 12.1. The number of nitrogens with zero attached hydrogens (tertiary/aromatic N) is 3. The first kappa shape index (κ1) is 11.6. The molecule has 3 rings (SSSR count). The van der Waals surface area contributed by atoms with E-state index >= 15 is 0 Å². The van der Waals surface area contributed by atoms with Gasteiger partial charge in [0.25, 0.3) is 0 Å². The van der Waals surface area contributed by atoms with E-state index in [4.69, 9.17) is 23.2 Å². The fourth-order valence-corrected chi connectivity index (χ4v) is 2.73. The van der Waals surface area contributed by atoms with Crippen molar-refractivity contribution in [1.82, 2.24) is 13.9 Å². The average molecular weight is 286 g/mol. The van der Waals surface area contributed by atoms with Crippen molar-refractivity contribution in [2.45, 2.75) is 19.5 Å². The van der Waals surface area contributed by atoms with Crippen molar-refractivity contribution in [3.05, 3.63) is 49.2 Å². The van der Waals surface area contributed by atoms with Gasteiger partial charge in [-0.25, -0.2) is 23.5 Å². The van der Waals surface area contributed by atoms with Crippen molar-refractivity contribution < 1.29 is 0 Å². The molecule has 0 bridgehead atoms. The Kier molecular flexibility index (Phi) is 2.60. The minimum atomic E-state index is -0.351. The molecule has 2 aromatic rings. The zero-order chi connectivity index (χ0) is 12.9. The smallest absolute Gasteiger partial charge is 0.246 e. The van der Waals surface area contributed by atoms with E-state index in [0.29, 0.717) is 28.8 Å². The van der Waals surface area contributed by atoms with Gasteiger partial charge in [-0.1, -0.05) is 23.2 Å². The maximum absolute atomic E-state index is 12.1. The minimum Gasteiger partial charge on any atom is -0.246 e. The van der Waals surface area contributed by atoms with Gasteiger partial charge in [-0.05, 0) is 24.6 Å². The van der Waals surface area contributed by atoms with E-state index < -0.39 is 0 Å². The Morgan fingerprint density at radius 3 is 1.89 bits per heavy atom. The largest absolute Gasteiger partial charge is 0.351 e. The normalized spacial score (nSPS) is 13.9. The van der Waals surface area contributed by atoms with Crippen molar-refractivity contribution in [3.8, 4) is 5.69 Å². The van der Waals surface area contributed by atoms with E-state index in [1.54, 1.807) is 18.2 Å². The molecule has 1 aliphatic heterocycles. The quantitative estimate of drug-likeness (QED) is 0.798. The summed E-state index contributed by atoms with van der Waals surface area (Å²) < 4.78 is 3.98. The number of fused-ring (bicyclic) bond motifs is 1. The summed E-state index contributed by atoms with van der Waals surface area (Å²) in [5, 5.41) is 0.778. The number of benzene rings is 1. The van der Waals surface area contributed by atoms with E-state index in [0.717, 1.165) is 11.0 Å². The van der Waals surface area contributed by atoms with Gasteiger partial charge in [-0.15, -0.1) is 0 Å². The molecule has 0 saturated heterocycles. The van der Waals surface area contributed by atoms with Gasteiger partial charge in [0.05, 0.1) is 5.69 Å². The van der Waals surface area contributed by atoms with Crippen LogP contribution in [0, 0.1) is 0 Å². The molecule has 5 nitrogen and oxygen atoms in total. The van der Waals surface area contributed by atoms with Crippen molar-refractivity contribution in [2.24, 2.45) is 0 Å². The van der Waals surface area contributed by atoms with Crippen molar-refractivity contribution in [1.29, 1.82) is 0 Å². The van der Waals surface area contributed by atoms with Gasteiger partial charge < -0.3 is 0 Å². The molecule has 0 atom stereocenters. The molecule has 2 heterocycles. The summed E-state index contributed by atoms with van der Waals surface area (Å²) in [6, 6.07) is 4.65. The van der Waals surface area contributed by atoms with Gasteiger partial charge in [-0.3, -0.25) is 0 Å². The van der Waals surface area contributed by atoms with E-state index in [-0.39, 0.29) is 11.4 Å². The molecule has 0 fully saturated rings. The topological polar surface area (TPSA) is 48.9 Å². The summed E-state index contributed by atoms with van der Waals surface area (Å²) in [6.45, 7) is 1.13. The van der Waals surface area contributed by atoms with Crippen molar-refractivity contribution in [2.75, 3.05) is 0 Å². The summed E-state index contributed by atoms with van der Waals surface area (Å²) in [5.74, 6) is 0. The van der Waals surface area contributed by atoms with Crippen LogP contribution in [-0.2, 0) is 13.1 Å². The Hall–Kier alpha value is -1.46. The van der Waals surface area contributed by atoms with Crippen LogP contribution in [-0.4, -0.2) is 13.9 Å². The van der Waals surface area contributed by atoms with Gasteiger partial charge in [0.1, 0.15) is 0 Å². The summed E-state index contributed by atoms with van der Waals surface area (Å²) in [5.41, 5.74) is -0.302. The van der Waals surface area contributed by atoms with E-state index in [2.05, 4.69) is 0 Å². The van der Waals surface area contributed by atoms with Gasteiger partial charge in [0.2, 0.25) is 0 Å². The monoisotopic (exact) mass is 285 g/mol. The number of hydrogen-bond donors (Lipinski definition) is 0. The van der Waals surface area contributed by atoms with Gasteiger partial charge in [0, 0.05) is 23.1 Å². The minimum absolute atomic E-state index is 0.351. The lowest BCUT2D eigenvalue weighted by molar-refractivity contribution is 0.580. The Balaban J connectivity index is 2.31. The summed E-state index contributed by atoms with van der Waals surface area (Å²) in [7, 11) is 0. The predicted octanol–water partition coefficient (Wildman–Crippen LogP) is 1.51. The van der Waals surface area contributed by atoms with Crippen molar-refractivity contribution >= 4 is 23.2 Å². The fourth-order valence-electron chi connectivity index (χ4n) is 2.21. The summed E-state index contributed by atoms with van der Waals surface area (Å²) in [4.78, 5) is 24.2. The third kappa shape index (κ3) is 1.62. The lowest BCUT2D eigenvalue weighted by Crippen LogP contribution is -2.28. The molecule has 7 heteroatoms. The first-order chi connectivity index (χ1) is 8.58. The zero-order valence-corrected chi connectivity index (χ0v) is 10.8. The van der Waals surface area contributed by atoms with E-state index in [1.807, 2.05) is 0 Å². The lowest BCUT2D eigenvalue weighted by Gasteiger charge is -2.01. The number of rotatable bonds is 1. The molecule has 0 spiro atoms. The molecule has 1 aliphatic rings. The standard InChI is InChI=1S/C11H9Cl2N3O2/c12-7-4-8(13)6-9(5-7)16-10(17)14-2-1-3-15(14)11(16)18/h4-6H,1-3H2. The van der Waals surface area contributed by atoms with Crippen LogP contribution in [0.4, 0.5) is 0 Å². The van der Waals surface area contributed by atoms with Crippen LogP contribution < -0.4 is 11.4 Å².